The number of ketones is 1. The van der Waals surface area contributed by atoms with Gasteiger partial charge >= 0.3 is 0 Å². The van der Waals surface area contributed by atoms with E-state index in [1.54, 1.807) is 13.4 Å². The third-order valence-electron chi connectivity index (χ3n) is 4.84. The van der Waals surface area contributed by atoms with Gasteiger partial charge in [-0.05, 0) is 62.1 Å². The molecule has 1 aromatic heterocycles. The summed E-state index contributed by atoms with van der Waals surface area (Å²) >= 11 is 1.38. The summed E-state index contributed by atoms with van der Waals surface area (Å²) in [6, 6.07) is 9.80. The lowest BCUT2D eigenvalue weighted by atomic mass is 9.92. The number of ether oxygens (including phenoxy) is 1. The molecule has 0 aliphatic carbocycles. The van der Waals surface area contributed by atoms with Crippen LogP contribution < -0.4 is 4.74 Å². The highest BCUT2D eigenvalue weighted by Crippen LogP contribution is 2.28. The van der Waals surface area contributed by atoms with Crippen LogP contribution in [0.4, 0.5) is 0 Å². The van der Waals surface area contributed by atoms with Gasteiger partial charge in [0.25, 0.3) is 0 Å². The van der Waals surface area contributed by atoms with E-state index in [9.17, 15) is 4.79 Å². The Labute approximate surface area is 163 Å². The Morgan fingerprint density at radius 3 is 2.44 bits per heavy atom. The van der Waals surface area contributed by atoms with Crippen LogP contribution in [0.1, 0.15) is 32.6 Å². The van der Waals surface area contributed by atoms with E-state index in [2.05, 4.69) is 16.3 Å². The van der Waals surface area contributed by atoms with Gasteiger partial charge in [0.2, 0.25) is 0 Å². The first kappa shape index (κ1) is 19.2. The van der Waals surface area contributed by atoms with Crippen molar-refractivity contribution >= 4 is 17.5 Å². The number of para-hydroxylation sites is 2. The number of Topliss-reactive ketones (excluding diaryl/α,β-unsaturated/α-hetero) is 1. The summed E-state index contributed by atoms with van der Waals surface area (Å²) in [5.41, 5.74) is 6.05. The number of carbonyl (C=O) groups excluding carboxylic acids is 1. The Kier molecular flexibility index (Phi) is 5.65. The summed E-state index contributed by atoms with van der Waals surface area (Å²) in [5, 5.41) is 8.85. The Morgan fingerprint density at radius 1 is 1.11 bits per heavy atom. The number of aryl methyl sites for hydroxylation is 2. The first-order chi connectivity index (χ1) is 12.9. The summed E-state index contributed by atoms with van der Waals surface area (Å²) in [6.45, 7) is 8.11. The predicted octanol–water partition coefficient (Wildman–Crippen LogP) is 4.48. The molecule has 0 bridgehead atoms. The maximum absolute atomic E-state index is 13.0. The summed E-state index contributed by atoms with van der Waals surface area (Å²) in [7, 11) is 1.63. The lowest BCUT2D eigenvalue weighted by Crippen LogP contribution is -2.10. The van der Waals surface area contributed by atoms with Crippen LogP contribution >= 0.6 is 11.8 Å². The molecule has 0 unspecified atom stereocenters. The van der Waals surface area contributed by atoms with E-state index >= 15 is 0 Å². The molecule has 5 nitrogen and oxygen atoms in total. The van der Waals surface area contributed by atoms with Crippen LogP contribution in [0, 0.1) is 27.7 Å². The summed E-state index contributed by atoms with van der Waals surface area (Å²) < 4.78 is 7.27. The van der Waals surface area contributed by atoms with Crippen molar-refractivity contribution in [3.8, 4) is 11.4 Å². The molecular formula is C21H23N3O2S. The highest BCUT2D eigenvalue weighted by atomic mass is 32.2. The minimum Gasteiger partial charge on any atom is -0.495 e. The van der Waals surface area contributed by atoms with Gasteiger partial charge in [0.05, 0.1) is 18.6 Å². The van der Waals surface area contributed by atoms with Crippen LogP contribution in [0.3, 0.4) is 0 Å². The molecule has 2 aromatic carbocycles. The smallest absolute Gasteiger partial charge is 0.196 e. The molecule has 0 spiro atoms. The largest absolute Gasteiger partial charge is 0.495 e. The van der Waals surface area contributed by atoms with Crippen LogP contribution in [0.2, 0.25) is 0 Å². The minimum atomic E-state index is 0.108. The van der Waals surface area contributed by atoms with E-state index in [-0.39, 0.29) is 5.78 Å². The van der Waals surface area contributed by atoms with Crippen LogP contribution in [-0.2, 0) is 0 Å². The maximum atomic E-state index is 13.0. The van der Waals surface area contributed by atoms with Gasteiger partial charge in [-0.15, -0.1) is 10.2 Å². The van der Waals surface area contributed by atoms with Gasteiger partial charge in [-0.2, -0.15) is 0 Å². The fourth-order valence-electron chi connectivity index (χ4n) is 3.15. The Hall–Kier alpha value is -2.60. The van der Waals surface area contributed by atoms with Gasteiger partial charge in [-0.1, -0.05) is 30.0 Å². The van der Waals surface area contributed by atoms with Gasteiger partial charge < -0.3 is 4.74 Å². The molecule has 0 amide bonds. The van der Waals surface area contributed by atoms with E-state index in [0.717, 1.165) is 39.3 Å². The molecule has 0 atom stereocenters. The number of hydrogen-bond donors (Lipinski definition) is 0. The van der Waals surface area contributed by atoms with Crippen molar-refractivity contribution in [2.45, 2.75) is 32.9 Å². The van der Waals surface area contributed by atoms with Crippen molar-refractivity contribution in [1.82, 2.24) is 14.8 Å². The van der Waals surface area contributed by atoms with E-state index in [1.807, 2.05) is 56.5 Å². The van der Waals surface area contributed by atoms with Crippen molar-refractivity contribution in [3.63, 3.8) is 0 Å². The van der Waals surface area contributed by atoms with Crippen molar-refractivity contribution in [1.29, 1.82) is 0 Å². The number of carbonyl (C=O) groups is 1. The molecule has 0 saturated heterocycles. The van der Waals surface area contributed by atoms with E-state index in [1.165, 1.54) is 11.8 Å². The molecular weight excluding hydrogens is 358 g/mol. The summed E-state index contributed by atoms with van der Waals surface area (Å²) in [5.74, 6) is 1.14. The average molecular weight is 382 g/mol. The number of benzene rings is 2. The number of thioether (sulfide) groups is 1. The summed E-state index contributed by atoms with van der Waals surface area (Å²) in [4.78, 5) is 13.0. The third kappa shape index (κ3) is 3.76. The molecule has 0 saturated carbocycles. The number of aromatic nitrogens is 3. The van der Waals surface area contributed by atoms with Gasteiger partial charge in [-0.3, -0.25) is 9.36 Å². The topological polar surface area (TPSA) is 57.0 Å². The van der Waals surface area contributed by atoms with E-state index < -0.39 is 0 Å². The van der Waals surface area contributed by atoms with Crippen LogP contribution in [0.15, 0.2) is 41.8 Å². The highest BCUT2D eigenvalue weighted by Gasteiger charge is 2.18. The van der Waals surface area contributed by atoms with Gasteiger partial charge in [0, 0.05) is 5.56 Å². The zero-order valence-electron chi connectivity index (χ0n) is 16.2. The fourth-order valence-corrected chi connectivity index (χ4v) is 3.95. The van der Waals surface area contributed by atoms with Crippen molar-refractivity contribution in [3.05, 3.63) is 64.5 Å². The molecule has 0 radical (unpaired) electrons. The van der Waals surface area contributed by atoms with Crippen LogP contribution in [-0.4, -0.2) is 33.4 Å². The van der Waals surface area contributed by atoms with Gasteiger partial charge in [-0.25, -0.2) is 0 Å². The minimum absolute atomic E-state index is 0.108. The fraction of sp³-hybridized carbons (Fsp3) is 0.286. The average Bonchev–Trinajstić information content (AvgIpc) is 3.13. The SMILES string of the molecule is COc1ccccc1-n1cnnc1SCC(=O)c1c(C)c(C)cc(C)c1C. The van der Waals surface area contributed by atoms with Crippen molar-refractivity contribution in [2.24, 2.45) is 0 Å². The lowest BCUT2D eigenvalue weighted by molar-refractivity contribution is 0.102. The molecule has 0 aliphatic heterocycles. The Morgan fingerprint density at radius 2 is 1.78 bits per heavy atom. The first-order valence-electron chi connectivity index (χ1n) is 8.70. The van der Waals surface area contributed by atoms with Gasteiger partial charge in [0.1, 0.15) is 12.1 Å². The standard InChI is InChI=1S/C21H23N3O2S/c1-13-10-14(2)16(4)20(15(13)3)18(25)11-27-21-23-22-12-24(21)17-8-6-7-9-19(17)26-5/h6-10,12H,11H2,1-5H3. The Bertz CT molecular complexity index is 969. The first-order valence-corrected chi connectivity index (χ1v) is 9.69. The number of nitrogens with zero attached hydrogens (tertiary/aromatic N) is 3. The normalized spacial score (nSPS) is 10.9. The van der Waals surface area contributed by atoms with Crippen molar-refractivity contribution in [2.75, 3.05) is 12.9 Å². The monoisotopic (exact) mass is 381 g/mol. The number of rotatable bonds is 6. The molecule has 3 rings (SSSR count). The summed E-state index contributed by atoms with van der Waals surface area (Å²) in [6.07, 6.45) is 1.64. The lowest BCUT2D eigenvalue weighted by Gasteiger charge is -2.14. The molecule has 27 heavy (non-hydrogen) atoms. The van der Waals surface area contributed by atoms with Crippen LogP contribution in [0.25, 0.3) is 5.69 Å². The zero-order valence-corrected chi connectivity index (χ0v) is 17.1. The molecule has 140 valence electrons. The zero-order chi connectivity index (χ0) is 19.6. The molecule has 0 N–H and O–H groups in total. The van der Waals surface area contributed by atoms with E-state index in [0.29, 0.717) is 10.9 Å². The highest BCUT2D eigenvalue weighted by molar-refractivity contribution is 7.99. The van der Waals surface area contributed by atoms with E-state index in [4.69, 9.17) is 4.74 Å². The number of hydrogen-bond acceptors (Lipinski definition) is 5. The molecule has 0 aliphatic rings. The maximum Gasteiger partial charge on any atom is 0.196 e. The second kappa shape index (κ2) is 7.96. The number of methoxy groups -OCH3 is 1. The van der Waals surface area contributed by atoms with Crippen LogP contribution in [0.5, 0.6) is 5.75 Å². The van der Waals surface area contributed by atoms with Crippen molar-refractivity contribution < 1.29 is 9.53 Å². The van der Waals surface area contributed by atoms with Gasteiger partial charge in [0.15, 0.2) is 10.9 Å². The predicted molar refractivity (Wildman–Crippen MR) is 108 cm³/mol. The molecule has 1 heterocycles. The molecule has 0 fully saturated rings. The second-order valence-corrected chi connectivity index (χ2v) is 7.45. The third-order valence-corrected chi connectivity index (χ3v) is 5.78. The molecule has 6 heteroatoms. The quantitative estimate of drug-likeness (QED) is 0.465. The Balaban J connectivity index is 1.86. The second-order valence-electron chi connectivity index (χ2n) is 6.50. The molecule has 3 aromatic rings.